The fourth-order valence-electron chi connectivity index (χ4n) is 2.73. The van der Waals surface area contributed by atoms with Gasteiger partial charge in [0.25, 0.3) is 0 Å². The van der Waals surface area contributed by atoms with Crippen LogP contribution < -0.4 is 0 Å². The first-order valence-electron chi connectivity index (χ1n) is 7.52. The summed E-state index contributed by atoms with van der Waals surface area (Å²) in [4.78, 5) is 4.06. The molecule has 0 radical (unpaired) electrons. The van der Waals surface area contributed by atoms with Gasteiger partial charge in [0.1, 0.15) is 5.60 Å². The summed E-state index contributed by atoms with van der Waals surface area (Å²) in [6.07, 6.45) is 3.88. The number of pyridine rings is 1. The smallest absolute Gasteiger partial charge is 0.119 e. The molecule has 0 aliphatic rings. The molecule has 0 fully saturated rings. The SMILES string of the molecule is Cc1ccc([C@@](O)(Cc2ccc(Cl)cc2)c2ccncc2)cc1. The molecule has 0 aliphatic carbocycles. The van der Waals surface area contributed by atoms with Gasteiger partial charge in [0.05, 0.1) is 0 Å². The zero-order valence-electron chi connectivity index (χ0n) is 12.9. The summed E-state index contributed by atoms with van der Waals surface area (Å²) in [5, 5.41) is 12.2. The molecule has 3 aromatic rings. The number of halogens is 1. The van der Waals surface area contributed by atoms with E-state index in [1.165, 1.54) is 0 Å². The summed E-state index contributed by atoms with van der Waals surface area (Å²) in [5.41, 5.74) is 2.77. The molecule has 0 saturated heterocycles. The average molecular weight is 324 g/mol. The monoisotopic (exact) mass is 323 g/mol. The molecule has 1 heterocycles. The van der Waals surface area contributed by atoms with Crippen LogP contribution in [0.1, 0.15) is 22.3 Å². The van der Waals surface area contributed by atoms with Crippen LogP contribution in [0.25, 0.3) is 0 Å². The number of hydrogen-bond donors (Lipinski definition) is 1. The van der Waals surface area contributed by atoms with Gasteiger partial charge in [-0.25, -0.2) is 0 Å². The van der Waals surface area contributed by atoms with E-state index in [1.807, 2.05) is 67.6 Å². The normalized spacial score (nSPS) is 13.5. The van der Waals surface area contributed by atoms with Crippen molar-refractivity contribution in [3.8, 4) is 0 Å². The Hall–Kier alpha value is -2.16. The molecular formula is C20H18ClNO. The van der Waals surface area contributed by atoms with E-state index >= 15 is 0 Å². The van der Waals surface area contributed by atoms with Crippen LogP contribution >= 0.6 is 11.6 Å². The lowest BCUT2D eigenvalue weighted by molar-refractivity contribution is 0.0810. The lowest BCUT2D eigenvalue weighted by Gasteiger charge is -2.29. The van der Waals surface area contributed by atoms with Gasteiger partial charge in [-0.1, -0.05) is 53.6 Å². The minimum absolute atomic E-state index is 0.469. The molecule has 23 heavy (non-hydrogen) atoms. The highest BCUT2D eigenvalue weighted by Crippen LogP contribution is 2.33. The molecule has 0 unspecified atom stereocenters. The average Bonchev–Trinajstić information content (AvgIpc) is 2.58. The van der Waals surface area contributed by atoms with Gasteiger partial charge in [0.15, 0.2) is 0 Å². The zero-order chi connectivity index (χ0) is 16.3. The third-order valence-corrected chi connectivity index (χ3v) is 4.31. The molecule has 1 N–H and O–H groups in total. The minimum atomic E-state index is -1.11. The van der Waals surface area contributed by atoms with E-state index in [4.69, 9.17) is 11.6 Å². The summed E-state index contributed by atoms with van der Waals surface area (Å²) < 4.78 is 0. The molecule has 3 rings (SSSR count). The van der Waals surface area contributed by atoms with Crippen molar-refractivity contribution in [3.05, 3.63) is 100 Å². The largest absolute Gasteiger partial charge is 0.380 e. The van der Waals surface area contributed by atoms with E-state index in [2.05, 4.69) is 4.98 Å². The Kier molecular flexibility index (Phi) is 4.46. The highest BCUT2D eigenvalue weighted by atomic mass is 35.5. The van der Waals surface area contributed by atoms with E-state index in [9.17, 15) is 5.11 Å². The lowest BCUT2D eigenvalue weighted by atomic mass is 9.81. The fraction of sp³-hybridized carbons (Fsp3) is 0.150. The van der Waals surface area contributed by atoms with Crippen molar-refractivity contribution in [2.24, 2.45) is 0 Å². The Balaban J connectivity index is 2.06. The minimum Gasteiger partial charge on any atom is -0.380 e. The Morgan fingerprint density at radius 2 is 1.43 bits per heavy atom. The maximum Gasteiger partial charge on any atom is 0.119 e. The van der Waals surface area contributed by atoms with Gasteiger partial charge < -0.3 is 5.11 Å². The van der Waals surface area contributed by atoms with Crippen LogP contribution in [0.2, 0.25) is 5.02 Å². The van der Waals surface area contributed by atoms with Crippen LogP contribution in [0.4, 0.5) is 0 Å². The third-order valence-electron chi connectivity index (χ3n) is 4.06. The number of benzene rings is 2. The highest BCUT2D eigenvalue weighted by molar-refractivity contribution is 6.30. The van der Waals surface area contributed by atoms with Crippen LogP contribution in [0, 0.1) is 6.92 Å². The zero-order valence-corrected chi connectivity index (χ0v) is 13.7. The number of aliphatic hydroxyl groups is 1. The molecule has 0 amide bonds. The predicted molar refractivity (Wildman–Crippen MR) is 93.6 cm³/mol. The van der Waals surface area contributed by atoms with Crippen LogP contribution in [-0.2, 0) is 12.0 Å². The maximum atomic E-state index is 11.5. The molecule has 2 nitrogen and oxygen atoms in total. The van der Waals surface area contributed by atoms with Crippen molar-refractivity contribution in [2.75, 3.05) is 0 Å². The number of hydrogen-bond acceptors (Lipinski definition) is 2. The summed E-state index contributed by atoms with van der Waals surface area (Å²) in [6.45, 7) is 2.04. The molecule has 0 bridgehead atoms. The van der Waals surface area contributed by atoms with Crippen molar-refractivity contribution < 1.29 is 5.11 Å². The van der Waals surface area contributed by atoms with E-state index in [-0.39, 0.29) is 0 Å². The topological polar surface area (TPSA) is 33.1 Å². The quantitative estimate of drug-likeness (QED) is 0.765. The van der Waals surface area contributed by atoms with E-state index < -0.39 is 5.60 Å². The van der Waals surface area contributed by atoms with Crippen LogP contribution in [0.3, 0.4) is 0 Å². The van der Waals surface area contributed by atoms with E-state index in [0.717, 1.165) is 22.3 Å². The molecule has 2 aromatic carbocycles. The van der Waals surface area contributed by atoms with Crippen LogP contribution in [-0.4, -0.2) is 10.1 Å². The van der Waals surface area contributed by atoms with E-state index in [0.29, 0.717) is 11.4 Å². The van der Waals surface area contributed by atoms with Gasteiger partial charge in [0.2, 0.25) is 0 Å². The first kappa shape index (κ1) is 15.7. The maximum absolute atomic E-state index is 11.5. The number of aryl methyl sites for hydroxylation is 1. The standard InChI is InChI=1S/C20H18ClNO/c1-15-2-6-17(7-3-15)20(23,18-10-12-22-13-11-18)14-16-4-8-19(21)9-5-16/h2-13,23H,14H2,1H3/t20-/m0/s1. The summed E-state index contributed by atoms with van der Waals surface area (Å²) in [7, 11) is 0. The van der Waals surface area contributed by atoms with Gasteiger partial charge in [-0.2, -0.15) is 0 Å². The summed E-state index contributed by atoms with van der Waals surface area (Å²) >= 11 is 5.96. The highest BCUT2D eigenvalue weighted by Gasteiger charge is 2.31. The van der Waals surface area contributed by atoms with Crippen molar-refractivity contribution >= 4 is 11.6 Å². The third kappa shape index (κ3) is 3.44. The van der Waals surface area contributed by atoms with E-state index in [1.54, 1.807) is 12.4 Å². The molecule has 0 spiro atoms. The molecule has 3 heteroatoms. The Morgan fingerprint density at radius 3 is 2.04 bits per heavy atom. The predicted octanol–water partition coefficient (Wildman–Crippen LogP) is 4.52. The Labute approximate surface area is 141 Å². The van der Waals surface area contributed by atoms with Crippen molar-refractivity contribution in [2.45, 2.75) is 18.9 Å². The molecule has 0 aliphatic heterocycles. The van der Waals surface area contributed by atoms with Gasteiger partial charge >= 0.3 is 0 Å². The number of aromatic nitrogens is 1. The van der Waals surface area contributed by atoms with Crippen LogP contribution in [0.5, 0.6) is 0 Å². The summed E-state index contributed by atoms with van der Waals surface area (Å²) in [5.74, 6) is 0. The molecule has 1 atom stereocenters. The second-order valence-corrected chi connectivity index (χ2v) is 6.20. The molecule has 116 valence electrons. The van der Waals surface area contributed by atoms with Crippen molar-refractivity contribution in [1.82, 2.24) is 4.98 Å². The summed E-state index contributed by atoms with van der Waals surface area (Å²) in [6, 6.07) is 19.3. The van der Waals surface area contributed by atoms with Gasteiger partial charge in [-0.05, 0) is 47.9 Å². The number of rotatable bonds is 4. The Bertz CT molecular complexity index is 769. The van der Waals surface area contributed by atoms with Gasteiger partial charge in [0, 0.05) is 23.8 Å². The second-order valence-electron chi connectivity index (χ2n) is 5.77. The first-order valence-corrected chi connectivity index (χ1v) is 7.90. The number of nitrogens with zero attached hydrogens (tertiary/aromatic N) is 1. The first-order chi connectivity index (χ1) is 11.1. The van der Waals surface area contributed by atoms with Crippen molar-refractivity contribution in [3.63, 3.8) is 0 Å². The molecule has 0 saturated carbocycles. The van der Waals surface area contributed by atoms with Crippen molar-refractivity contribution in [1.29, 1.82) is 0 Å². The molecule has 1 aromatic heterocycles. The van der Waals surface area contributed by atoms with Gasteiger partial charge in [-0.3, -0.25) is 4.98 Å². The second kappa shape index (κ2) is 6.53. The lowest BCUT2D eigenvalue weighted by Crippen LogP contribution is -2.30. The van der Waals surface area contributed by atoms with Gasteiger partial charge in [-0.15, -0.1) is 0 Å². The van der Waals surface area contributed by atoms with Crippen LogP contribution in [0.15, 0.2) is 73.1 Å². The molecular weight excluding hydrogens is 306 g/mol. The Morgan fingerprint density at radius 1 is 0.870 bits per heavy atom. The fourth-order valence-corrected chi connectivity index (χ4v) is 2.85.